The second-order valence-electron chi connectivity index (χ2n) is 7.45. The van der Waals surface area contributed by atoms with Crippen molar-refractivity contribution in [3.05, 3.63) is 35.7 Å². The number of carbonyl (C=O) groups is 2. The summed E-state index contributed by atoms with van der Waals surface area (Å²) in [4.78, 5) is 43.5. The van der Waals surface area contributed by atoms with Crippen molar-refractivity contribution < 1.29 is 27.5 Å². The molecule has 3 aromatic heterocycles. The van der Waals surface area contributed by atoms with Crippen LogP contribution in [0.25, 0.3) is 22.4 Å². The summed E-state index contributed by atoms with van der Waals surface area (Å²) >= 11 is 6.06. The summed E-state index contributed by atoms with van der Waals surface area (Å²) in [5.74, 6) is -0.280. The zero-order valence-corrected chi connectivity index (χ0v) is 18.5. The maximum Gasteiger partial charge on any atom is 0.409 e. The summed E-state index contributed by atoms with van der Waals surface area (Å²) in [7, 11) is 1.19. The monoisotopic (exact) mass is 497 g/mol. The summed E-state index contributed by atoms with van der Waals surface area (Å²) in [6.45, 7) is -1.35. The number of piperazine rings is 1. The minimum atomic E-state index is -4.58. The van der Waals surface area contributed by atoms with Gasteiger partial charge in [-0.3, -0.25) is 4.79 Å². The second kappa shape index (κ2) is 9.33. The lowest BCUT2D eigenvalue weighted by molar-refractivity contribution is -0.139. The number of methoxy groups -OCH3 is 1. The maximum atomic E-state index is 12.7. The van der Waals surface area contributed by atoms with Crippen molar-refractivity contribution in [1.29, 1.82) is 0 Å². The number of H-pyrrole nitrogens is 1. The van der Waals surface area contributed by atoms with Crippen molar-refractivity contribution in [2.45, 2.75) is 12.2 Å². The molecule has 180 valence electrons. The molecule has 1 fully saturated rings. The Hall–Kier alpha value is -3.61. The van der Waals surface area contributed by atoms with Crippen LogP contribution >= 0.6 is 11.6 Å². The number of hydrogen-bond acceptors (Lipinski definition) is 7. The van der Waals surface area contributed by atoms with E-state index in [4.69, 9.17) is 16.3 Å². The smallest absolute Gasteiger partial charge is 0.409 e. The van der Waals surface area contributed by atoms with Crippen molar-refractivity contribution >= 4 is 40.5 Å². The van der Waals surface area contributed by atoms with E-state index in [0.29, 0.717) is 33.3 Å². The van der Waals surface area contributed by atoms with E-state index in [9.17, 15) is 22.8 Å². The number of hydrogen-bond donors (Lipinski definition) is 2. The normalized spacial score (nSPS) is 16.6. The largest absolute Gasteiger partial charge is 0.453 e. The number of carbonyl (C=O) groups excluding carboxylic acids is 2. The third-order valence-corrected chi connectivity index (χ3v) is 5.46. The fourth-order valence-electron chi connectivity index (χ4n) is 3.68. The Morgan fingerprint density at radius 2 is 2.12 bits per heavy atom. The number of ether oxygens (including phenoxy) is 1. The molecular formula is C20H19ClF3N7O3. The lowest BCUT2D eigenvalue weighted by Gasteiger charge is -2.40. The van der Waals surface area contributed by atoms with Crippen LogP contribution in [0.4, 0.5) is 23.8 Å². The molecule has 1 aliphatic heterocycles. The van der Waals surface area contributed by atoms with Crippen molar-refractivity contribution in [3.63, 3.8) is 0 Å². The average molecular weight is 498 g/mol. The van der Waals surface area contributed by atoms with Gasteiger partial charge >= 0.3 is 12.3 Å². The Kier molecular flexibility index (Phi) is 6.46. The molecule has 10 nitrogen and oxygen atoms in total. The van der Waals surface area contributed by atoms with Gasteiger partial charge in [-0.25, -0.2) is 19.7 Å². The predicted octanol–water partition coefficient (Wildman–Crippen LogP) is 2.61. The molecule has 14 heteroatoms. The predicted molar refractivity (Wildman–Crippen MR) is 116 cm³/mol. The van der Waals surface area contributed by atoms with Crippen LogP contribution in [0.2, 0.25) is 5.02 Å². The minimum Gasteiger partial charge on any atom is -0.453 e. The third-order valence-electron chi connectivity index (χ3n) is 5.25. The third kappa shape index (κ3) is 4.98. The molecule has 0 radical (unpaired) electrons. The second-order valence-corrected chi connectivity index (χ2v) is 7.89. The van der Waals surface area contributed by atoms with Crippen LogP contribution in [0.5, 0.6) is 0 Å². The highest BCUT2D eigenvalue weighted by molar-refractivity contribution is 6.31. The zero-order valence-electron chi connectivity index (χ0n) is 17.8. The van der Waals surface area contributed by atoms with Crippen LogP contribution in [0.3, 0.4) is 0 Å². The van der Waals surface area contributed by atoms with E-state index in [1.54, 1.807) is 18.3 Å². The van der Waals surface area contributed by atoms with Crippen molar-refractivity contribution in [2.24, 2.45) is 0 Å². The number of alkyl halides is 3. The highest BCUT2D eigenvalue weighted by Gasteiger charge is 2.37. The van der Waals surface area contributed by atoms with Crippen LogP contribution in [0, 0.1) is 0 Å². The van der Waals surface area contributed by atoms with Gasteiger partial charge in [-0.15, -0.1) is 0 Å². The van der Waals surface area contributed by atoms with E-state index in [0.717, 1.165) is 0 Å². The van der Waals surface area contributed by atoms with Gasteiger partial charge in [-0.2, -0.15) is 13.2 Å². The molecule has 0 saturated carbocycles. The summed E-state index contributed by atoms with van der Waals surface area (Å²) in [5.41, 5.74) is 1.18. The molecule has 34 heavy (non-hydrogen) atoms. The van der Waals surface area contributed by atoms with Crippen LogP contribution in [-0.4, -0.2) is 82.3 Å². The number of anilines is 1. The van der Waals surface area contributed by atoms with Gasteiger partial charge in [0, 0.05) is 42.6 Å². The number of nitrogens with one attached hydrogen (secondary N) is 2. The average Bonchev–Trinajstić information content (AvgIpc) is 3.24. The molecule has 1 atom stereocenters. The Bertz CT molecular complexity index is 1220. The number of amides is 2. The number of aromatic amines is 1. The topological polar surface area (TPSA) is 116 Å². The highest BCUT2D eigenvalue weighted by atomic mass is 35.5. The number of rotatable bonds is 4. The van der Waals surface area contributed by atoms with Gasteiger partial charge in [0.2, 0.25) is 5.91 Å². The molecule has 1 aliphatic rings. The zero-order chi connectivity index (χ0) is 24.5. The van der Waals surface area contributed by atoms with E-state index < -0.39 is 30.8 Å². The molecule has 0 aliphatic carbocycles. The van der Waals surface area contributed by atoms with E-state index in [1.807, 2.05) is 5.32 Å². The van der Waals surface area contributed by atoms with E-state index in [2.05, 4.69) is 19.9 Å². The maximum absolute atomic E-state index is 12.7. The molecule has 1 saturated heterocycles. The van der Waals surface area contributed by atoms with Gasteiger partial charge in [0.25, 0.3) is 0 Å². The van der Waals surface area contributed by atoms with Gasteiger partial charge in [-0.05, 0) is 12.1 Å². The molecule has 4 rings (SSSR count). The number of fused-ring (bicyclic) bond motifs is 1. The standard InChI is InChI=1S/C20H19ClF3N7O3/c1-34-19(33)30-4-5-31(14(9-30)18(32)28-10-20(22,23)24)15-2-3-25-17(29-15)13-8-27-16-12(13)6-11(21)7-26-16/h2-3,6-8,14H,4-5,9-10H2,1H3,(H,26,27)(H,28,32)/t14-/m0/s1. The van der Waals surface area contributed by atoms with Gasteiger partial charge < -0.3 is 24.8 Å². The summed E-state index contributed by atoms with van der Waals surface area (Å²) < 4.78 is 42.7. The molecule has 0 unspecified atom stereocenters. The first kappa shape index (κ1) is 23.5. The van der Waals surface area contributed by atoms with E-state index >= 15 is 0 Å². The lowest BCUT2D eigenvalue weighted by Crippen LogP contribution is -2.61. The Morgan fingerprint density at radius 1 is 1.32 bits per heavy atom. The molecule has 2 amide bonds. The Morgan fingerprint density at radius 3 is 2.85 bits per heavy atom. The Balaban J connectivity index is 1.66. The molecule has 2 N–H and O–H groups in total. The molecule has 0 bridgehead atoms. The first-order valence-electron chi connectivity index (χ1n) is 10.1. The molecular weight excluding hydrogens is 479 g/mol. The van der Waals surface area contributed by atoms with Crippen LogP contribution in [0.15, 0.2) is 30.7 Å². The quantitative estimate of drug-likeness (QED) is 0.569. The lowest BCUT2D eigenvalue weighted by atomic mass is 10.1. The number of aromatic nitrogens is 4. The SMILES string of the molecule is COC(=O)N1CCN(c2ccnc(-c3c[nH]c4ncc(Cl)cc34)n2)[C@H](C(=O)NCC(F)(F)F)C1. The van der Waals surface area contributed by atoms with Gasteiger partial charge in [0.1, 0.15) is 24.1 Å². The van der Waals surface area contributed by atoms with E-state index in [-0.39, 0.29) is 19.6 Å². The first-order valence-corrected chi connectivity index (χ1v) is 10.4. The molecule has 0 spiro atoms. The first-order chi connectivity index (χ1) is 16.2. The summed E-state index contributed by atoms with van der Waals surface area (Å²) in [6, 6.07) is 2.12. The Labute approximate surface area is 196 Å². The van der Waals surface area contributed by atoms with Crippen molar-refractivity contribution in [3.8, 4) is 11.4 Å². The fourth-order valence-corrected chi connectivity index (χ4v) is 3.84. The molecule has 0 aromatic carbocycles. The van der Waals surface area contributed by atoms with Gasteiger partial charge in [-0.1, -0.05) is 11.6 Å². The number of nitrogens with zero attached hydrogens (tertiary/aromatic N) is 5. The fraction of sp³-hybridized carbons (Fsp3) is 0.350. The van der Waals surface area contributed by atoms with Gasteiger partial charge in [0.05, 0.1) is 18.7 Å². The summed E-state index contributed by atoms with van der Waals surface area (Å²) in [5, 5.41) is 2.99. The van der Waals surface area contributed by atoms with Crippen molar-refractivity contribution in [1.82, 2.24) is 30.2 Å². The highest BCUT2D eigenvalue weighted by Crippen LogP contribution is 2.29. The van der Waals surface area contributed by atoms with E-state index in [1.165, 1.54) is 29.3 Å². The molecule has 4 heterocycles. The van der Waals surface area contributed by atoms with Gasteiger partial charge in [0.15, 0.2) is 5.82 Å². The summed E-state index contributed by atoms with van der Waals surface area (Å²) in [6.07, 6.45) is -0.627. The molecule has 3 aromatic rings. The van der Waals surface area contributed by atoms with Crippen LogP contribution < -0.4 is 10.2 Å². The van der Waals surface area contributed by atoms with Crippen molar-refractivity contribution in [2.75, 3.05) is 38.2 Å². The minimum absolute atomic E-state index is 0.136. The van der Waals surface area contributed by atoms with Crippen LogP contribution in [-0.2, 0) is 9.53 Å². The van der Waals surface area contributed by atoms with Crippen LogP contribution in [0.1, 0.15) is 0 Å². The number of halogens is 4. The number of pyridine rings is 1.